The van der Waals surface area contributed by atoms with E-state index in [4.69, 9.17) is 15.6 Å². The van der Waals surface area contributed by atoms with Crippen LogP contribution in [0.1, 0.15) is 16.7 Å². The molecule has 1 amide bonds. The van der Waals surface area contributed by atoms with Gasteiger partial charge >= 0.3 is 18.0 Å². The molecular formula is C30H30N4O6. The number of carboxylic acid groups (broad SMARTS) is 2. The lowest BCUT2D eigenvalue weighted by Crippen LogP contribution is -2.42. The minimum atomic E-state index is -1.11. The van der Waals surface area contributed by atoms with Crippen LogP contribution >= 0.6 is 0 Å². The molecule has 5 rings (SSSR count). The van der Waals surface area contributed by atoms with Gasteiger partial charge in [-0.05, 0) is 28.8 Å². The Hall–Kier alpha value is -5.09. The maximum absolute atomic E-state index is 11.9. The number of carbonyl (C=O) groups is 3. The number of rotatable bonds is 9. The minimum Gasteiger partial charge on any atom is -0.480 e. The summed E-state index contributed by atoms with van der Waals surface area (Å²) in [4.78, 5) is 40.2. The first-order chi connectivity index (χ1) is 19.3. The molecule has 10 nitrogen and oxygen atoms in total. The molecule has 0 unspecified atom stereocenters. The molecule has 10 heteroatoms. The summed E-state index contributed by atoms with van der Waals surface area (Å²) < 4.78 is 5.09. The molecule has 2 heterocycles. The molecule has 0 spiro atoms. The highest BCUT2D eigenvalue weighted by Gasteiger charge is 2.22. The molecule has 7 N–H and O–H groups in total. The number of aromatic amines is 2. The van der Waals surface area contributed by atoms with Crippen molar-refractivity contribution in [1.29, 1.82) is 0 Å². The number of benzene rings is 3. The van der Waals surface area contributed by atoms with Gasteiger partial charge in [0, 0.05) is 47.0 Å². The Bertz CT molecular complexity index is 1590. The average Bonchev–Trinajstić information content (AvgIpc) is 3.56. The van der Waals surface area contributed by atoms with Gasteiger partial charge in [-0.3, -0.25) is 4.79 Å². The number of aliphatic carboxylic acids is 2. The second-order valence-corrected chi connectivity index (χ2v) is 9.17. The third-order valence-corrected chi connectivity index (χ3v) is 6.33. The molecule has 2 atom stereocenters. The van der Waals surface area contributed by atoms with Gasteiger partial charge < -0.3 is 36.0 Å². The van der Waals surface area contributed by atoms with Crippen LogP contribution in [0.5, 0.6) is 0 Å². The quantitative estimate of drug-likeness (QED) is 0.162. The fourth-order valence-electron chi connectivity index (χ4n) is 4.25. The van der Waals surface area contributed by atoms with Gasteiger partial charge in [-0.1, -0.05) is 66.7 Å². The Morgan fingerprint density at radius 3 is 1.82 bits per heavy atom. The number of amides is 1. The van der Waals surface area contributed by atoms with E-state index in [0.29, 0.717) is 6.42 Å². The van der Waals surface area contributed by atoms with Gasteiger partial charge in [0.05, 0.1) is 0 Å². The molecule has 5 aromatic rings. The van der Waals surface area contributed by atoms with Gasteiger partial charge in [0.15, 0.2) is 0 Å². The van der Waals surface area contributed by atoms with Crippen molar-refractivity contribution in [3.8, 4) is 0 Å². The van der Waals surface area contributed by atoms with Crippen molar-refractivity contribution in [2.75, 3.05) is 0 Å². The molecule has 0 aliphatic carbocycles. The zero-order valence-electron chi connectivity index (χ0n) is 21.5. The number of aromatic nitrogens is 2. The number of hydrogen-bond donors (Lipinski definition) is 6. The number of para-hydroxylation sites is 2. The predicted octanol–water partition coefficient (Wildman–Crippen LogP) is 4.21. The molecule has 0 saturated carbocycles. The van der Waals surface area contributed by atoms with Crippen LogP contribution in [-0.4, -0.2) is 50.3 Å². The smallest absolute Gasteiger partial charge is 0.408 e. The van der Waals surface area contributed by atoms with Gasteiger partial charge in [0.2, 0.25) is 0 Å². The monoisotopic (exact) mass is 542 g/mol. The zero-order valence-corrected chi connectivity index (χ0v) is 21.5. The van der Waals surface area contributed by atoms with Crippen LogP contribution in [0, 0.1) is 0 Å². The first-order valence-corrected chi connectivity index (χ1v) is 12.6. The average molecular weight is 543 g/mol. The normalized spacial score (nSPS) is 12.2. The summed E-state index contributed by atoms with van der Waals surface area (Å²) >= 11 is 0. The van der Waals surface area contributed by atoms with Crippen LogP contribution in [0.25, 0.3) is 21.8 Å². The largest absolute Gasteiger partial charge is 0.480 e. The topological polar surface area (TPSA) is 171 Å². The van der Waals surface area contributed by atoms with Gasteiger partial charge in [-0.15, -0.1) is 0 Å². The Morgan fingerprint density at radius 1 is 0.750 bits per heavy atom. The molecule has 0 aliphatic rings. The zero-order chi connectivity index (χ0) is 28.5. The molecule has 206 valence electrons. The second-order valence-electron chi connectivity index (χ2n) is 9.17. The molecule has 0 aliphatic heterocycles. The first kappa shape index (κ1) is 27.9. The standard InChI is InChI=1S/C19H18N2O4.C11H12N2O2/c22-18(23)17(10-14-11-20-16-9-5-4-8-15(14)16)21-19(24)25-12-13-6-2-1-3-7-13;12-9(11(14)15)5-7-6-13-10-4-2-1-3-8(7)10/h1-9,11,17,20H,10,12H2,(H,21,24)(H,22,23);1-4,6,9,13H,5,12H2,(H,14,15)/t17-;9-/m00/s1. The summed E-state index contributed by atoms with van der Waals surface area (Å²) in [5.74, 6) is -2.08. The predicted molar refractivity (Wildman–Crippen MR) is 151 cm³/mol. The van der Waals surface area contributed by atoms with E-state index in [2.05, 4.69) is 15.3 Å². The van der Waals surface area contributed by atoms with Crippen LogP contribution < -0.4 is 11.1 Å². The summed E-state index contributed by atoms with van der Waals surface area (Å²) in [6, 6.07) is 22.7. The van der Waals surface area contributed by atoms with Crippen molar-refractivity contribution in [2.45, 2.75) is 31.5 Å². The molecule has 0 bridgehead atoms. The van der Waals surface area contributed by atoms with E-state index in [1.54, 1.807) is 6.20 Å². The van der Waals surface area contributed by atoms with Gasteiger partial charge in [0.1, 0.15) is 18.7 Å². The van der Waals surface area contributed by atoms with E-state index in [0.717, 1.165) is 38.5 Å². The van der Waals surface area contributed by atoms with Crippen LogP contribution in [0.3, 0.4) is 0 Å². The van der Waals surface area contributed by atoms with E-state index >= 15 is 0 Å². The van der Waals surface area contributed by atoms with Crippen molar-refractivity contribution in [1.82, 2.24) is 15.3 Å². The molecule has 40 heavy (non-hydrogen) atoms. The first-order valence-electron chi connectivity index (χ1n) is 12.6. The maximum Gasteiger partial charge on any atom is 0.408 e. The number of H-pyrrole nitrogens is 2. The Kier molecular flexibility index (Phi) is 9.16. The van der Waals surface area contributed by atoms with Crippen LogP contribution in [0.2, 0.25) is 0 Å². The number of nitrogens with one attached hydrogen (secondary N) is 3. The second kappa shape index (κ2) is 13.1. The van der Waals surface area contributed by atoms with E-state index in [9.17, 15) is 19.5 Å². The highest BCUT2D eigenvalue weighted by molar-refractivity contribution is 5.86. The van der Waals surface area contributed by atoms with E-state index < -0.39 is 30.1 Å². The lowest BCUT2D eigenvalue weighted by atomic mass is 10.1. The molecule has 0 saturated heterocycles. The fourth-order valence-corrected chi connectivity index (χ4v) is 4.25. The number of carbonyl (C=O) groups excluding carboxylic acids is 1. The molecular weight excluding hydrogens is 512 g/mol. The molecule has 2 aromatic heterocycles. The van der Waals surface area contributed by atoms with Gasteiger partial charge in [-0.25, -0.2) is 9.59 Å². The van der Waals surface area contributed by atoms with Crippen molar-refractivity contribution in [3.05, 3.63) is 108 Å². The number of carboxylic acids is 2. The van der Waals surface area contributed by atoms with Gasteiger partial charge in [0.25, 0.3) is 0 Å². The number of ether oxygens (including phenoxy) is 1. The fraction of sp³-hybridized carbons (Fsp3) is 0.167. The highest BCUT2D eigenvalue weighted by Crippen LogP contribution is 2.20. The maximum atomic E-state index is 11.9. The van der Waals surface area contributed by atoms with E-state index in [1.165, 1.54) is 0 Å². The lowest BCUT2D eigenvalue weighted by molar-refractivity contribution is -0.139. The lowest BCUT2D eigenvalue weighted by Gasteiger charge is -2.14. The SMILES string of the molecule is N[C@@H](Cc1c[nH]c2ccccc12)C(=O)O.O=C(N[C@@H](Cc1c[nH]c2ccccc12)C(=O)O)OCc1ccccc1. The summed E-state index contributed by atoms with van der Waals surface area (Å²) in [6.07, 6.45) is 3.33. The number of nitrogens with two attached hydrogens (primary N) is 1. The summed E-state index contributed by atoms with van der Waals surface area (Å²) in [5.41, 5.74) is 10.0. The Morgan fingerprint density at radius 2 is 1.27 bits per heavy atom. The van der Waals surface area contributed by atoms with Crippen molar-refractivity contribution < 1.29 is 29.3 Å². The molecule has 0 radical (unpaired) electrons. The number of alkyl carbamates (subject to hydrolysis) is 1. The van der Waals surface area contributed by atoms with Crippen molar-refractivity contribution in [2.24, 2.45) is 5.73 Å². The Labute approximate surface area is 229 Å². The van der Waals surface area contributed by atoms with E-state index in [-0.39, 0.29) is 13.0 Å². The van der Waals surface area contributed by atoms with Gasteiger partial charge in [-0.2, -0.15) is 0 Å². The number of fused-ring (bicyclic) bond motifs is 2. The molecule has 0 fully saturated rings. The van der Waals surface area contributed by atoms with Crippen LogP contribution in [0.15, 0.2) is 91.3 Å². The van der Waals surface area contributed by atoms with Crippen molar-refractivity contribution in [3.63, 3.8) is 0 Å². The summed E-state index contributed by atoms with van der Waals surface area (Å²) in [7, 11) is 0. The third-order valence-electron chi connectivity index (χ3n) is 6.33. The van der Waals surface area contributed by atoms with Crippen molar-refractivity contribution >= 4 is 39.8 Å². The number of hydrogen-bond acceptors (Lipinski definition) is 5. The van der Waals surface area contributed by atoms with Crippen LogP contribution in [-0.2, 0) is 33.8 Å². The third kappa shape index (κ3) is 7.27. The molecule has 3 aromatic carbocycles. The highest BCUT2D eigenvalue weighted by atomic mass is 16.5. The Balaban J connectivity index is 0.000000210. The van der Waals surface area contributed by atoms with Crippen LogP contribution in [0.4, 0.5) is 4.79 Å². The summed E-state index contributed by atoms with van der Waals surface area (Å²) in [5, 5.41) is 22.5. The van der Waals surface area contributed by atoms with E-state index in [1.807, 2.05) is 85.1 Å². The summed E-state index contributed by atoms with van der Waals surface area (Å²) in [6.45, 7) is 0.0894. The minimum absolute atomic E-state index is 0.0894.